The molecule has 1 amide bonds. The number of morpholine rings is 1. The minimum atomic E-state index is -0.571. The number of nitrogens with zero attached hydrogens (tertiary/aromatic N) is 2. The predicted octanol–water partition coefficient (Wildman–Crippen LogP) is 1.92. The molecule has 0 saturated carbocycles. The zero-order valence-electron chi connectivity index (χ0n) is 11.1. The van der Waals surface area contributed by atoms with Crippen LogP contribution in [0.3, 0.4) is 0 Å². The zero-order chi connectivity index (χ0) is 13.3. The fourth-order valence-electron chi connectivity index (χ4n) is 1.58. The van der Waals surface area contributed by atoms with Gasteiger partial charge < -0.3 is 9.47 Å². The first-order valence-corrected chi connectivity index (χ1v) is 5.68. The lowest BCUT2D eigenvalue weighted by molar-refractivity contribution is -0.102. The zero-order valence-corrected chi connectivity index (χ0v) is 11.1. The van der Waals surface area contributed by atoms with E-state index in [9.17, 15) is 4.79 Å². The van der Waals surface area contributed by atoms with Gasteiger partial charge in [0.25, 0.3) is 0 Å². The van der Waals surface area contributed by atoms with E-state index in [2.05, 4.69) is 6.07 Å². The van der Waals surface area contributed by atoms with Gasteiger partial charge >= 0.3 is 6.09 Å². The minimum absolute atomic E-state index is 0.225. The Bertz CT molecular complexity index is 339. The van der Waals surface area contributed by atoms with Crippen LogP contribution in [0.15, 0.2) is 0 Å². The van der Waals surface area contributed by atoms with Crippen LogP contribution in [0.4, 0.5) is 4.79 Å². The van der Waals surface area contributed by atoms with Crippen LogP contribution in [0.2, 0.25) is 0 Å². The molecule has 5 nitrogen and oxygen atoms in total. The van der Waals surface area contributed by atoms with Gasteiger partial charge in [-0.3, -0.25) is 4.90 Å². The molecule has 0 aliphatic carbocycles. The molecular formula is C12H20N2O3. The molecule has 1 rings (SSSR count). The number of nitriles is 1. The molecular weight excluding hydrogens is 220 g/mol. The monoisotopic (exact) mass is 240 g/mol. The van der Waals surface area contributed by atoms with E-state index >= 15 is 0 Å². The van der Waals surface area contributed by atoms with Crippen molar-refractivity contribution >= 4 is 6.09 Å². The molecule has 0 aromatic rings. The van der Waals surface area contributed by atoms with Crippen molar-refractivity contribution in [2.45, 2.75) is 51.9 Å². The van der Waals surface area contributed by atoms with Crippen LogP contribution >= 0.6 is 0 Å². The van der Waals surface area contributed by atoms with Gasteiger partial charge in [-0.05, 0) is 34.6 Å². The Labute approximate surface area is 102 Å². The number of rotatable bonds is 0. The summed E-state index contributed by atoms with van der Waals surface area (Å²) in [6, 6.07) is 1.49. The highest BCUT2D eigenvalue weighted by Crippen LogP contribution is 2.22. The molecule has 1 saturated heterocycles. The normalized spacial score (nSPS) is 24.0. The highest BCUT2D eigenvalue weighted by Gasteiger charge is 2.38. The standard InChI is InChI=1S/C12H20N2O3/c1-11(2,3)17-10(15)14-8-12(4,5)16-7-9(14)6-13/h9H,7-8H2,1-5H3/t9-/m1/s1. The fourth-order valence-corrected chi connectivity index (χ4v) is 1.58. The summed E-state index contributed by atoms with van der Waals surface area (Å²) in [5.41, 5.74) is -0.996. The van der Waals surface area contributed by atoms with Crippen molar-refractivity contribution in [1.29, 1.82) is 5.26 Å². The van der Waals surface area contributed by atoms with Gasteiger partial charge in [0.15, 0.2) is 0 Å². The maximum absolute atomic E-state index is 12.0. The van der Waals surface area contributed by atoms with Crippen LogP contribution in [0.1, 0.15) is 34.6 Å². The molecule has 0 unspecified atom stereocenters. The highest BCUT2D eigenvalue weighted by atomic mass is 16.6. The van der Waals surface area contributed by atoms with E-state index < -0.39 is 23.3 Å². The first kappa shape index (κ1) is 13.8. The molecule has 0 spiro atoms. The highest BCUT2D eigenvalue weighted by molar-refractivity contribution is 5.69. The van der Waals surface area contributed by atoms with Crippen molar-refractivity contribution < 1.29 is 14.3 Å². The molecule has 0 bridgehead atoms. The van der Waals surface area contributed by atoms with E-state index in [0.29, 0.717) is 6.54 Å². The van der Waals surface area contributed by atoms with Crippen molar-refractivity contribution in [3.63, 3.8) is 0 Å². The number of hydrogen-bond acceptors (Lipinski definition) is 4. The average Bonchev–Trinajstić information content (AvgIpc) is 2.13. The molecule has 17 heavy (non-hydrogen) atoms. The molecule has 5 heteroatoms. The SMILES string of the molecule is CC(C)(C)OC(=O)N1CC(C)(C)OC[C@H]1C#N. The Balaban J connectivity index is 2.78. The third kappa shape index (κ3) is 3.90. The Hall–Kier alpha value is -1.28. The second-order valence-corrected chi connectivity index (χ2v) is 5.82. The lowest BCUT2D eigenvalue weighted by atomic mass is 10.1. The Kier molecular flexibility index (Phi) is 3.68. The predicted molar refractivity (Wildman–Crippen MR) is 62.4 cm³/mol. The van der Waals surface area contributed by atoms with Crippen LogP contribution < -0.4 is 0 Å². The Morgan fingerprint density at radius 1 is 1.53 bits per heavy atom. The van der Waals surface area contributed by atoms with E-state index in [1.165, 1.54) is 4.90 Å². The molecule has 1 fully saturated rings. The van der Waals surface area contributed by atoms with E-state index in [4.69, 9.17) is 14.7 Å². The summed E-state index contributed by atoms with van der Waals surface area (Å²) in [6.07, 6.45) is -0.458. The molecule has 1 aliphatic rings. The van der Waals surface area contributed by atoms with Gasteiger partial charge in [0.05, 0.1) is 24.8 Å². The summed E-state index contributed by atoms with van der Waals surface area (Å²) in [6.45, 7) is 9.77. The first-order valence-electron chi connectivity index (χ1n) is 5.68. The second kappa shape index (κ2) is 4.53. The van der Waals surface area contributed by atoms with Crippen LogP contribution in [0.5, 0.6) is 0 Å². The fraction of sp³-hybridized carbons (Fsp3) is 0.833. The van der Waals surface area contributed by atoms with Gasteiger partial charge in [0.1, 0.15) is 11.6 Å². The molecule has 0 radical (unpaired) electrons. The minimum Gasteiger partial charge on any atom is -0.444 e. The van der Waals surface area contributed by atoms with Gasteiger partial charge in [0.2, 0.25) is 0 Å². The summed E-state index contributed by atoms with van der Waals surface area (Å²) in [4.78, 5) is 13.4. The van der Waals surface area contributed by atoms with Crippen LogP contribution in [0, 0.1) is 11.3 Å². The summed E-state index contributed by atoms with van der Waals surface area (Å²) < 4.78 is 10.8. The van der Waals surface area contributed by atoms with Crippen LogP contribution in [0.25, 0.3) is 0 Å². The molecule has 0 N–H and O–H groups in total. The number of carbonyl (C=O) groups excluding carboxylic acids is 1. The van der Waals surface area contributed by atoms with Crippen LogP contribution in [-0.4, -0.2) is 41.4 Å². The number of amides is 1. The van der Waals surface area contributed by atoms with E-state index in [-0.39, 0.29) is 6.61 Å². The third-order valence-corrected chi connectivity index (χ3v) is 2.34. The summed E-state index contributed by atoms with van der Waals surface area (Å²) in [5.74, 6) is 0. The van der Waals surface area contributed by atoms with Gasteiger partial charge in [0, 0.05) is 0 Å². The van der Waals surface area contributed by atoms with Gasteiger partial charge in [-0.15, -0.1) is 0 Å². The quantitative estimate of drug-likeness (QED) is 0.649. The number of carbonyl (C=O) groups is 1. The lowest BCUT2D eigenvalue weighted by Gasteiger charge is -2.41. The van der Waals surface area contributed by atoms with Gasteiger partial charge in [-0.2, -0.15) is 5.26 Å². The molecule has 1 heterocycles. The van der Waals surface area contributed by atoms with Gasteiger partial charge in [-0.25, -0.2) is 4.79 Å². The second-order valence-electron chi connectivity index (χ2n) is 5.82. The summed E-state index contributed by atoms with van der Waals surface area (Å²) in [5, 5.41) is 9.00. The summed E-state index contributed by atoms with van der Waals surface area (Å²) in [7, 11) is 0. The van der Waals surface area contributed by atoms with Crippen molar-refractivity contribution in [2.24, 2.45) is 0 Å². The van der Waals surface area contributed by atoms with Crippen LogP contribution in [-0.2, 0) is 9.47 Å². The lowest BCUT2D eigenvalue weighted by Crippen LogP contribution is -2.56. The molecule has 0 aromatic carbocycles. The molecule has 0 aromatic heterocycles. The molecule has 1 aliphatic heterocycles. The van der Waals surface area contributed by atoms with E-state index in [1.54, 1.807) is 20.8 Å². The number of ether oxygens (including phenoxy) is 2. The summed E-state index contributed by atoms with van der Waals surface area (Å²) >= 11 is 0. The maximum atomic E-state index is 12.0. The smallest absolute Gasteiger partial charge is 0.411 e. The first-order chi connectivity index (χ1) is 7.64. The van der Waals surface area contributed by atoms with Crippen molar-refractivity contribution in [3.8, 4) is 6.07 Å². The van der Waals surface area contributed by atoms with E-state index in [1.807, 2.05) is 13.8 Å². The maximum Gasteiger partial charge on any atom is 0.411 e. The Morgan fingerprint density at radius 2 is 2.12 bits per heavy atom. The van der Waals surface area contributed by atoms with Gasteiger partial charge in [-0.1, -0.05) is 0 Å². The van der Waals surface area contributed by atoms with E-state index in [0.717, 1.165) is 0 Å². The number of hydrogen-bond donors (Lipinski definition) is 0. The molecule has 96 valence electrons. The third-order valence-electron chi connectivity index (χ3n) is 2.34. The largest absolute Gasteiger partial charge is 0.444 e. The average molecular weight is 240 g/mol. The van der Waals surface area contributed by atoms with Crippen molar-refractivity contribution in [1.82, 2.24) is 4.90 Å². The van der Waals surface area contributed by atoms with Crippen molar-refractivity contribution in [2.75, 3.05) is 13.2 Å². The van der Waals surface area contributed by atoms with Crippen molar-refractivity contribution in [3.05, 3.63) is 0 Å². The topological polar surface area (TPSA) is 62.6 Å². The Morgan fingerprint density at radius 3 is 2.59 bits per heavy atom. The molecule has 1 atom stereocenters.